The van der Waals surface area contributed by atoms with Crippen LogP contribution < -0.4 is 0 Å². The summed E-state index contributed by atoms with van der Waals surface area (Å²) in [6.45, 7) is 0. The molecule has 0 aliphatic rings. The van der Waals surface area contributed by atoms with E-state index in [2.05, 4.69) is 0 Å². The van der Waals surface area contributed by atoms with Crippen molar-refractivity contribution in [3.05, 3.63) is 0 Å². The van der Waals surface area contributed by atoms with Crippen molar-refractivity contribution in [2.45, 2.75) is 22.7 Å². The molecule has 0 aliphatic heterocycles. The Labute approximate surface area is 72.0 Å². The Morgan fingerprint density at radius 3 is 1.55 bits per heavy atom. The van der Waals surface area contributed by atoms with E-state index in [9.17, 15) is 26.3 Å². The molecule has 0 heterocycles. The molecule has 11 heavy (non-hydrogen) atoms. The van der Waals surface area contributed by atoms with Gasteiger partial charge in [0.1, 0.15) is 0 Å². The average molecular weight is 284 g/mol. The van der Waals surface area contributed by atoms with E-state index in [0.29, 0.717) is 0 Å². The van der Waals surface area contributed by atoms with Crippen LogP contribution in [0, 0.1) is 0 Å². The maximum absolute atomic E-state index is 12.0. The summed E-state index contributed by atoms with van der Waals surface area (Å²) >= 11 is -0.545. The Morgan fingerprint density at radius 2 is 1.45 bits per heavy atom. The third kappa shape index (κ3) is 5.63. The van der Waals surface area contributed by atoms with Gasteiger partial charge in [0.15, 0.2) is 0 Å². The van der Waals surface area contributed by atoms with Crippen LogP contribution >= 0.6 is 0 Å². The van der Waals surface area contributed by atoms with Crippen LogP contribution in [0.4, 0.5) is 26.3 Å². The summed E-state index contributed by atoms with van der Waals surface area (Å²) in [5.74, 6) is 0. The van der Waals surface area contributed by atoms with Crippen LogP contribution in [-0.4, -0.2) is 38.8 Å². The zero-order valence-corrected chi connectivity index (χ0v) is 7.91. The van der Waals surface area contributed by atoms with Gasteiger partial charge in [-0.05, 0) is 0 Å². The van der Waals surface area contributed by atoms with Crippen molar-refractivity contribution in [1.82, 2.24) is 0 Å². The predicted molar refractivity (Wildman–Crippen MR) is 26.3 cm³/mol. The van der Waals surface area contributed by atoms with Gasteiger partial charge < -0.3 is 0 Å². The van der Waals surface area contributed by atoms with E-state index in [1.165, 1.54) is 0 Å². The molecule has 7 heteroatoms. The molecule has 65 valence electrons. The Kier molecular flexibility index (Phi) is 3.52. The second kappa shape index (κ2) is 3.40. The van der Waals surface area contributed by atoms with E-state index >= 15 is 0 Å². The van der Waals surface area contributed by atoms with Crippen LogP contribution in [0.25, 0.3) is 0 Å². The normalized spacial score (nSPS) is 16.6. The molecule has 0 aromatic rings. The van der Waals surface area contributed by atoms with Crippen molar-refractivity contribution >= 4 is 22.5 Å². The van der Waals surface area contributed by atoms with Gasteiger partial charge in [0.05, 0.1) is 0 Å². The average Bonchev–Trinajstić information content (AvgIpc) is 1.56. The molecule has 1 unspecified atom stereocenters. The first kappa shape index (κ1) is 11.4. The monoisotopic (exact) mass is 285 g/mol. The van der Waals surface area contributed by atoms with E-state index < -0.39 is 45.2 Å². The number of halogens is 6. The number of hydrogen-bond acceptors (Lipinski definition) is 0. The summed E-state index contributed by atoms with van der Waals surface area (Å²) in [6, 6.07) is 0. The zero-order chi connectivity index (χ0) is 9.28. The molecular formula is C4H3F6Sn. The Balaban J connectivity index is 3.99. The van der Waals surface area contributed by atoms with Crippen molar-refractivity contribution in [2.24, 2.45) is 0 Å². The Morgan fingerprint density at radius 1 is 1.09 bits per heavy atom. The van der Waals surface area contributed by atoms with Gasteiger partial charge in [-0.25, -0.2) is 0 Å². The molecule has 0 amide bonds. The molecule has 0 fully saturated rings. The summed E-state index contributed by atoms with van der Waals surface area (Å²) in [6.07, 6.45) is -10.1. The standard InChI is InChI=1S/C4H3F6.Sn/c5-2(3(6)7)1-4(8,9)10;/h2H,1H2;. The number of rotatable bonds is 2. The fourth-order valence-corrected chi connectivity index (χ4v) is 0.623. The van der Waals surface area contributed by atoms with Gasteiger partial charge in [-0.1, -0.05) is 0 Å². The van der Waals surface area contributed by atoms with Crippen LogP contribution in [0.15, 0.2) is 0 Å². The number of hydrogen-bond donors (Lipinski definition) is 0. The van der Waals surface area contributed by atoms with Crippen LogP contribution in [0.1, 0.15) is 6.42 Å². The SMILES string of the molecule is FC(CC(F)(F)F)[C](F)(F)[Sn]. The van der Waals surface area contributed by atoms with Gasteiger partial charge in [0.2, 0.25) is 0 Å². The van der Waals surface area contributed by atoms with E-state index in [1.54, 1.807) is 0 Å². The molecule has 0 aromatic heterocycles. The van der Waals surface area contributed by atoms with Crippen molar-refractivity contribution in [3.8, 4) is 0 Å². The second-order valence-electron chi connectivity index (χ2n) is 1.91. The molecule has 0 N–H and O–H groups in total. The molecule has 0 rings (SSSR count). The third-order valence-corrected chi connectivity index (χ3v) is 1.70. The molecule has 0 aromatic carbocycles. The van der Waals surface area contributed by atoms with Gasteiger partial charge >= 0.3 is 71.6 Å². The third-order valence-electron chi connectivity index (χ3n) is 0.804. The van der Waals surface area contributed by atoms with Gasteiger partial charge in [0.25, 0.3) is 0 Å². The first-order chi connectivity index (χ1) is 4.63. The summed E-state index contributed by atoms with van der Waals surface area (Å²) in [7, 11) is 0. The first-order valence-corrected chi connectivity index (χ1v) is 3.89. The van der Waals surface area contributed by atoms with Gasteiger partial charge in [-0.3, -0.25) is 0 Å². The van der Waals surface area contributed by atoms with Gasteiger partial charge in [-0.15, -0.1) is 0 Å². The van der Waals surface area contributed by atoms with Crippen molar-refractivity contribution in [2.75, 3.05) is 0 Å². The molecule has 0 aliphatic carbocycles. The Hall–Kier alpha value is 0.379. The molecule has 0 spiro atoms. The second-order valence-corrected chi connectivity index (χ2v) is 3.81. The fourth-order valence-electron chi connectivity index (χ4n) is 0.331. The van der Waals surface area contributed by atoms with Gasteiger partial charge in [-0.2, -0.15) is 0 Å². The maximum atomic E-state index is 12.0. The van der Waals surface area contributed by atoms with Gasteiger partial charge in [0, 0.05) is 0 Å². The summed E-state index contributed by atoms with van der Waals surface area (Å²) in [4.78, 5) is 0. The Bertz CT molecular complexity index is 124. The van der Waals surface area contributed by atoms with Crippen LogP contribution in [0.3, 0.4) is 0 Å². The van der Waals surface area contributed by atoms with Crippen molar-refractivity contribution in [1.29, 1.82) is 0 Å². The van der Waals surface area contributed by atoms with E-state index in [-0.39, 0.29) is 0 Å². The predicted octanol–water partition coefficient (Wildman–Crippen LogP) is 2.04. The molecule has 0 saturated carbocycles. The summed E-state index contributed by atoms with van der Waals surface area (Å²) < 4.78 is 65.6. The van der Waals surface area contributed by atoms with Crippen LogP contribution in [-0.2, 0) is 0 Å². The quantitative estimate of drug-likeness (QED) is 0.537. The van der Waals surface area contributed by atoms with Crippen molar-refractivity contribution in [3.63, 3.8) is 0 Å². The van der Waals surface area contributed by atoms with E-state index in [0.717, 1.165) is 0 Å². The van der Waals surface area contributed by atoms with Crippen molar-refractivity contribution < 1.29 is 26.3 Å². The minimum atomic E-state index is -4.86. The molecule has 0 nitrogen and oxygen atoms in total. The summed E-state index contributed by atoms with van der Waals surface area (Å²) in [5, 5.41) is 0. The zero-order valence-electron chi connectivity index (χ0n) is 5.05. The molecule has 1 atom stereocenters. The van der Waals surface area contributed by atoms with E-state index in [1.807, 2.05) is 0 Å². The minimum absolute atomic E-state index is 0.545. The molecular weight excluding hydrogens is 281 g/mol. The number of alkyl halides is 6. The van der Waals surface area contributed by atoms with E-state index in [4.69, 9.17) is 0 Å². The molecule has 0 bridgehead atoms. The van der Waals surface area contributed by atoms with Crippen LogP contribution in [0.2, 0.25) is 0 Å². The molecule has 0 saturated heterocycles. The topological polar surface area (TPSA) is 0 Å². The van der Waals surface area contributed by atoms with Crippen LogP contribution in [0.5, 0.6) is 0 Å². The first-order valence-electron chi connectivity index (χ1n) is 2.46. The fraction of sp³-hybridized carbons (Fsp3) is 1.00. The molecule has 3 radical (unpaired) electrons. The summed E-state index contributed by atoms with van der Waals surface area (Å²) in [5.41, 5.74) is 0.